The molecule has 0 spiro atoms. The summed E-state index contributed by atoms with van der Waals surface area (Å²) in [5.74, 6) is -0.184. The quantitative estimate of drug-likeness (QED) is 0.704. The van der Waals surface area contributed by atoms with Crippen molar-refractivity contribution in [2.45, 2.75) is 40.7 Å². The fourth-order valence-corrected chi connectivity index (χ4v) is 1.03. The number of rotatable bonds is 5. The lowest BCUT2D eigenvalue weighted by Gasteiger charge is -2.21. The molecule has 0 saturated carbocycles. The van der Waals surface area contributed by atoms with E-state index in [0.29, 0.717) is 6.54 Å². The van der Waals surface area contributed by atoms with Gasteiger partial charge in [-0.15, -0.1) is 0 Å². The van der Waals surface area contributed by atoms with Crippen molar-refractivity contribution < 1.29 is 14.3 Å². The molecule has 88 valence electrons. The first-order valence-electron chi connectivity index (χ1n) is 5.29. The van der Waals surface area contributed by atoms with Gasteiger partial charge < -0.3 is 10.1 Å². The number of esters is 1. The third kappa shape index (κ3) is 6.10. The van der Waals surface area contributed by atoms with E-state index >= 15 is 0 Å². The highest BCUT2D eigenvalue weighted by molar-refractivity contribution is 5.77. The van der Waals surface area contributed by atoms with Gasteiger partial charge in [0, 0.05) is 12.8 Å². The predicted octanol–water partition coefficient (Wildman–Crippen LogP) is 1.35. The summed E-state index contributed by atoms with van der Waals surface area (Å²) >= 11 is 0. The van der Waals surface area contributed by atoms with Gasteiger partial charge >= 0.3 is 5.97 Å². The molecule has 0 aromatic carbocycles. The standard InChI is InChI=1S/C11H21NO3/c1-7(2)10(15-9(5)13)6-12-11(14)8(3)4/h7-8,10H,6H2,1-5H3,(H,12,14). The van der Waals surface area contributed by atoms with Crippen molar-refractivity contribution in [1.29, 1.82) is 0 Å². The second kappa shape index (κ2) is 6.43. The molecule has 0 rings (SSSR count). The van der Waals surface area contributed by atoms with E-state index in [1.807, 2.05) is 27.7 Å². The number of carbonyl (C=O) groups is 2. The molecule has 0 fully saturated rings. The molecule has 1 atom stereocenters. The van der Waals surface area contributed by atoms with E-state index < -0.39 is 0 Å². The van der Waals surface area contributed by atoms with Crippen LogP contribution in [0.2, 0.25) is 0 Å². The Bertz CT molecular complexity index is 224. The van der Waals surface area contributed by atoms with E-state index in [1.54, 1.807) is 0 Å². The molecule has 0 aromatic rings. The van der Waals surface area contributed by atoms with Crippen LogP contribution in [-0.4, -0.2) is 24.5 Å². The van der Waals surface area contributed by atoms with Crippen LogP contribution in [0, 0.1) is 11.8 Å². The molecule has 0 aliphatic heterocycles. The molecule has 0 aliphatic carbocycles. The summed E-state index contributed by atoms with van der Waals surface area (Å²) in [7, 11) is 0. The van der Waals surface area contributed by atoms with Gasteiger partial charge in [0.05, 0.1) is 6.54 Å². The summed E-state index contributed by atoms with van der Waals surface area (Å²) in [5.41, 5.74) is 0. The summed E-state index contributed by atoms with van der Waals surface area (Å²) in [6, 6.07) is 0. The first-order chi connectivity index (χ1) is 6.84. The lowest BCUT2D eigenvalue weighted by atomic mass is 10.1. The maximum absolute atomic E-state index is 11.3. The smallest absolute Gasteiger partial charge is 0.302 e. The minimum absolute atomic E-state index is 0.0206. The largest absolute Gasteiger partial charge is 0.460 e. The maximum atomic E-state index is 11.3. The Morgan fingerprint density at radius 3 is 2.07 bits per heavy atom. The summed E-state index contributed by atoms with van der Waals surface area (Å²) < 4.78 is 5.09. The van der Waals surface area contributed by atoms with E-state index in [9.17, 15) is 9.59 Å². The fourth-order valence-electron chi connectivity index (χ4n) is 1.03. The highest BCUT2D eigenvalue weighted by atomic mass is 16.5. The third-order valence-electron chi connectivity index (χ3n) is 2.06. The van der Waals surface area contributed by atoms with Crippen molar-refractivity contribution in [2.75, 3.05) is 6.54 Å². The highest BCUT2D eigenvalue weighted by Crippen LogP contribution is 2.06. The molecular weight excluding hydrogens is 194 g/mol. The van der Waals surface area contributed by atoms with Crippen molar-refractivity contribution in [3.05, 3.63) is 0 Å². The van der Waals surface area contributed by atoms with Crippen LogP contribution < -0.4 is 5.32 Å². The van der Waals surface area contributed by atoms with Crippen LogP contribution in [0.4, 0.5) is 0 Å². The Kier molecular flexibility index (Phi) is 5.97. The average molecular weight is 215 g/mol. The molecular formula is C11H21NO3. The minimum Gasteiger partial charge on any atom is -0.460 e. The predicted molar refractivity (Wildman–Crippen MR) is 58.2 cm³/mol. The van der Waals surface area contributed by atoms with Crippen LogP contribution in [-0.2, 0) is 14.3 Å². The van der Waals surface area contributed by atoms with Gasteiger partial charge in [-0.05, 0) is 5.92 Å². The van der Waals surface area contributed by atoms with E-state index in [0.717, 1.165) is 0 Å². The minimum atomic E-state index is -0.313. The van der Waals surface area contributed by atoms with E-state index in [-0.39, 0.29) is 29.8 Å². The van der Waals surface area contributed by atoms with Crippen LogP contribution in [0.5, 0.6) is 0 Å². The third-order valence-corrected chi connectivity index (χ3v) is 2.06. The fraction of sp³-hybridized carbons (Fsp3) is 0.818. The molecule has 1 unspecified atom stereocenters. The summed E-state index contributed by atoms with van der Waals surface area (Å²) in [4.78, 5) is 22.1. The normalized spacial score (nSPS) is 12.7. The second-order valence-corrected chi connectivity index (χ2v) is 4.29. The number of ether oxygens (including phenoxy) is 1. The summed E-state index contributed by atoms with van der Waals surface area (Å²) in [6.45, 7) is 9.31. The van der Waals surface area contributed by atoms with Gasteiger partial charge in [0.25, 0.3) is 0 Å². The second-order valence-electron chi connectivity index (χ2n) is 4.29. The number of carbonyl (C=O) groups excluding carboxylic acids is 2. The Morgan fingerprint density at radius 1 is 1.20 bits per heavy atom. The van der Waals surface area contributed by atoms with Crippen LogP contribution >= 0.6 is 0 Å². The topological polar surface area (TPSA) is 55.4 Å². The SMILES string of the molecule is CC(=O)OC(CNC(=O)C(C)C)C(C)C. The Morgan fingerprint density at radius 2 is 1.73 bits per heavy atom. The number of hydrogen-bond acceptors (Lipinski definition) is 3. The van der Waals surface area contributed by atoms with Gasteiger partial charge in [-0.3, -0.25) is 9.59 Å². The van der Waals surface area contributed by atoms with Gasteiger partial charge in [0.1, 0.15) is 6.10 Å². The molecule has 1 N–H and O–H groups in total. The molecule has 0 bridgehead atoms. The zero-order valence-electron chi connectivity index (χ0n) is 10.2. The summed E-state index contributed by atoms with van der Waals surface area (Å²) in [6.07, 6.45) is -0.245. The van der Waals surface area contributed by atoms with Crippen LogP contribution in [0.1, 0.15) is 34.6 Å². The maximum Gasteiger partial charge on any atom is 0.302 e. The number of nitrogens with one attached hydrogen (secondary N) is 1. The lowest BCUT2D eigenvalue weighted by molar-refractivity contribution is -0.149. The van der Waals surface area contributed by atoms with Crippen molar-refractivity contribution in [2.24, 2.45) is 11.8 Å². The van der Waals surface area contributed by atoms with E-state index in [1.165, 1.54) is 6.92 Å². The first-order valence-corrected chi connectivity index (χ1v) is 5.29. The highest BCUT2D eigenvalue weighted by Gasteiger charge is 2.18. The number of amides is 1. The molecule has 0 aromatic heterocycles. The zero-order chi connectivity index (χ0) is 12.0. The molecule has 15 heavy (non-hydrogen) atoms. The molecule has 0 radical (unpaired) electrons. The van der Waals surface area contributed by atoms with E-state index in [4.69, 9.17) is 4.74 Å². The van der Waals surface area contributed by atoms with Gasteiger partial charge in [-0.1, -0.05) is 27.7 Å². The molecule has 0 aliphatic rings. The number of hydrogen-bond donors (Lipinski definition) is 1. The molecule has 0 heterocycles. The van der Waals surface area contributed by atoms with Crippen molar-refractivity contribution in [3.63, 3.8) is 0 Å². The van der Waals surface area contributed by atoms with Gasteiger partial charge in [-0.2, -0.15) is 0 Å². The van der Waals surface area contributed by atoms with Gasteiger partial charge in [-0.25, -0.2) is 0 Å². The molecule has 4 nitrogen and oxygen atoms in total. The van der Waals surface area contributed by atoms with Crippen molar-refractivity contribution in [1.82, 2.24) is 5.32 Å². The average Bonchev–Trinajstić information content (AvgIpc) is 2.10. The Labute approximate surface area is 91.4 Å². The molecule has 0 saturated heterocycles. The van der Waals surface area contributed by atoms with Crippen molar-refractivity contribution in [3.8, 4) is 0 Å². The molecule has 1 amide bonds. The lowest BCUT2D eigenvalue weighted by Crippen LogP contribution is -2.39. The zero-order valence-corrected chi connectivity index (χ0v) is 10.2. The van der Waals surface area contributed by atoms with Gasteiger partial charge in [0.2, 0.25) is 5.91 Å². The Balaban J connectivity index is 4.07. The summed E-state index contributed by atoms with van der Waals surface area (Å²) in [5, 5.41) is 2.75. The Hall–Kier alpha value is -1.06. The monoisotopic (exact) mass is 215 g/mol. The van der Waals surface area contributed by atoms with Crippen LogP contribution in [0.15, 0.2) is 0 Å². The van der Waals surface area contributed by atoms with Crippen LogP contribution in [0.25, 0.3) is 0 Å². The van der Waals surface area contributed by atoms with E-state index in [2.05, 4.69) is 5.32 Å². The van der Waals surface area contributed by atoms with Crippen molar-refractivity contribution >= 4 is 11.9 Å². The van der Waals surface area contributed by atoms with Crippen LogP contribution in [0.3, 0.4) is 0 Å². The van der Waals surface area contributed by atoms with Gasteiger partial charge in [0.15, 0.2) is 0 Å². The molecule has 4 heteroatoms. The first kappa shape index (κ1) is 13.9.